The maximum atomic E-state index is 13.1. The van der Waals surface area contributed by atoms with E-state index in [2.05, 4.69) is 10.1 Å². The third kappa shape index (κ3) is 3.79. The van der Waals surface area contributed by atoms with Crippen molar-refractivity contribution in [3.8, 4) is 5.75 Å². The van der Waals surface area contributed by atoms with Crippen LogP contribution >= 0.6 is 22.6 Å². The van der Waals surface area contributed by atoms with Crippen molar-refractivity contribution >= 4 is 28.6 Å². The number of fused-ring (bicyclic) bond motifs is 1. The molecule has 4 nitrogen and oxygen atoms in total. The SMILES string of the molecule is COC(=O)C(I)CNCC1Cc2cc(F)ccc2O1. The number of esters is 1. The van der Waals surface area contributed by atoms with E-state index in [4.69, 9.17) is 4.74 Å². The van der Waals surface area contributed by atoms with E-state index in [-0.39, 0.29) is 21.8 Å². The Morgan fingerprint density at radius 2 is 2.47 bits per heavy atom. The molecule has 0 amide bonds. The Balaban J connectivity index is 1.77. The minimum Gasteiger partial charge on any atom is -0.488 e. The molecule has 1 aromatic rings. The summed E-state index contributed by atoms with van der Waals surface area (Å²) in [6.07, 6.45) is 0.669. The molecule has 104 valence electrons. The first kappa shape index (κ1) is 14.5. The summed E-state index contributed by atoms with van der Waals surface area (Å²) in [4.78, 5) is 11.2. The van der Waals surface area contributed by atoms with E-state index in [1.54, 1.807) is 6.07 Å². The standard InChI is InChI=1S/C13H15FINO3/c1-18-13(17)11(15)7-16-6-10-5-8-4-9(14)2-3-12(8)19-10/h2-4,10-11,16H,5-7H2,1H3. The molecule has 0 saturated heterocycles. The summed E-state index contributed by atoms with van der Waals surface area (Å²) in [7, 11) is 1.37. The number of methoxy groups -OCH3 is 1. The highest BCUT2D eigenvalue weighted by Gasteiger charge is 2.23. The average molecular weight is 379 g/mol. The van der Waals surface area contributed by atoms with Crippen LogP contribution in [0.2, 0.25) is 0 Å². The lowest BCUT2D eigenvalue weighted by atomic mass is 10.1. The van der Waals surface area contributed by atoms with Gasteiger partial charge in [0.05, 0.1) is 7.11 Å². The number of nitrogens with one attached hydrogen (secondary N) is 1. The van der Waals surface area contributed by atoms with Gasteiger partial charge in [0.25, 0.3) is 0 Å². The predicted molar refractivity (Wildman–Crippen MR) is 77.2 cm³/mol. The van der Waals surface area contributed by atoms with Crippen molar-refractivity contribution in [2.45, 2.75) is 16.4 Å². The molecule has 1 heterocycles. The van der Waals surface area contributed by atoms with Gasteiger partial charge in [0.2, 0.25) is 0 Å². The van der Waals surface area contributed by atoms with E-state index in [9.17, 15) is 9.18 Å². The highest BCUT2D eigenvalue weighted by atomic mass is 127. The van der Waals surface area contributed by atoms with Gasteiger partial charge in [-0.3, -0.25) is 4.79 Å². The van der Waals surface area contributed by atoms with E-state index < -0.39 is 0 Å². The fourth-order valence-corrected chi connectivity index (χ4v) is 2.55. The lowest BCUT2D eigenvalue weighted by Crippen LogP contribution is -2.36. The second kappa shape index (κ2) is 6.51. The van der Waals surface area contributed by atoms with Gasteiger partial charge in [-0.2, -0.15) is 0 Å². The Kier molecular flexibility index (Phi) is 4.98. The maximum Gasteiger partial charge on any atom is 0.319 e. The first-order chi connectivity index (χ1) is 9.10. The van der Waals surface area contributed by atoms with Crippen LogP contribution in [0.15, 0.2) is 18.2 Å². The topological polar surface area (TPSA) is 47.6 Å². The van der Waals surface area contributed by atoms with Crippen molar-refractivity contribution in [2.75, 3.05) is 20.2 Å². The van der Waals surface area contributed by atoms with Gasteiger partial charge in [-0.1, -0.05) is 22.6 Å². The van der Waals surface area contributed by atoms with Crippen molar-refractivity contribution in [1.29, 1.82) is 0 Å². The summed E-state index contributed by atoms with van der Waals surface area (Å²) in [5.74, 6) is 0.256. The normalized spacial score (nSPS) is 18.6. The molecule has 19 heavy (non-hydrogen) atoms. The fraction of sp³-hybridized carbons (Fsp3) is 0.462. The van der Waals surface area contributed by atoms with Crippen LogP contribution in [0, 0.1) is 5.82 Å². The molecule has 1 aromatic carbocycles. The molecule has 0 bridgehead atoms. The summed E-state index contributed by atoms with van der Waals surface area (Å²) < 4.78 is 23.2. The summed E-state index contributed by atoms with van der Waals surface area (Å²) >= 11 is 2.03. The van der Waals surface area contributed by atoms with Gasteiger partial charge in [0, 0.05) is 25.1 Å². The summed E-state index contributed by atoms with van der Waals surface area (Å²) in [5.41, 5.74) is 0.894. The van der Waals surface area contributed by atoms with Crippen LogP contribution in [0.4, 0.5) is 4.39 Å². The van der Waals surface area contributed by atoms with E-state index in [0.29, 0.717) is 19.5 Å². The molecule has 2 unspecified atom stereocenters. The van der Waals surface area contributed by atoms with Crippen LogP contribution in [0.3, 0.4) is 0 Å². The summed E-state index contributed by atoms with van der Waals surface area (Å²) in [6.45, 7) is 1.14. The summed E-state index contributed by atoms with van der Waals surface area (Å²) in [6, 6.07) is 4.55. The number of alkyl halides is 1. The monoisotopic (exact) mass is 379 g/mol. The smallest absolute Gasteiger partial charge is 0.319 e. The number of hydrogen-bond acceptors (Lipinski definition) is 4. The minimum absolute atomic E-state index is 0.0157. The molecule has 1 aliphatic heterocycles. The number of carbonyl (C=O) groups excluding carboxylic acids is 1. The van der Waals surface area contributed by atoms with Gasteiger partial charge in [-0.25, -0.2) is 4.39 Å². The molecule has 1 N–H and O–H groups in total. The second-order valence-electron chi connectivity index (χ2n) is 4.34. The van der Waals surface area contributed by atoms with Crippen molar-refractivity contribution in [3.63, 3.8) is 0 Å². The zero-order valence-electron chi connectivity index (χ0n) is 10.5. The minimum atomic E-state index is -0.245. The van der Waals surface area contributed by atoms with Crippen LogP contribution in [-0.2, 0) is 16.0 Å². The third-order valence-corrected chi connectivity index (χ3v) is 3.87. The zero-order chi connectivity index (χ0) is 13.8. The Bertz CT molecular complexity index is 469. The molecule has 0 saturated carbocycles. The van der Waals surface area contributed by atoms with Crippen LogP contribution < -0.4 is 10.1 Å². The second-order valence-corrected chi connectivity index (χ2v) is 5.85. The van der Waals surface area contributed by atoms with Gasteiger partial charge in [-0.15, -0.1) is 0 Å². The predicted octanol–water partition coefficient (Wildman–Crippen LogP) is 1.70. The third-order valence-electron chi connectivity index (χ3n) is 2.92. The Hall–Kier alpha value is -0.890. The van der Waals surface area contributed by atoms with Crippen molar-refractivity contribution in [3.05, 3.63) is 29.6 Å². The molecule has 0 fully saturated rings. The Labute approximate surface area is 124 Å². The van der Waals surface area contributed by atoms with Crippen LogP contribution in [0.1, 0.15) is 5.56 Å². The average Bonchev–Trinajstić information content (AvgIpc) is 2.79. The van der Waals surface area contributed by atoms with Crippen LogP contribution in [0.5, 0.6) is 5.75 Å². The highest BCUT2D eigenvalue weighted by molar-refractivity contribution is 14.1. The van der Waals surface area contributed by atoms with Gasteiger partial charge < -0.3 is 14.8 Å². The molecule has 1 aliphatic rings. The van der Waals surface area contributed by atoms with Crippen molar-refractivity contribution < 1.29 is 18.7 Å². The fourth-order valence-electron chi connectivity index (χ4n) is 1.99. The first-order valence-electron chi connectivity index (χ1n) is 5.98. The Morgan fingerprint density at radius 3 is 3.21 bits per heavy atom. The lowest BCUT2D eigenvalue weighted by molar-refractivity contribution is -0.139. The quantitative estimate of drug-likeness (QED) is 0.481. The number of ether oxygens (including phenoxy) is 2. The number of carbonyl (C=O) groups is 1. The summed E-state index contributed by atoms with van der Waals surface area (Å²) in [5, 5.41) is 3.16. The van der Waals surface area contributed by atoms with Gasteiger partial charge in [-0.05, 0) is 18.2 Å². The lowest BCUT2D eigenvalue weighted by Gasteiger charge is -2.13. The molecular formula is C13H15FINO3. The van der Waals surface area contributed by atoms with E-state index >= 15 is 0 Å². The molecular weight excluding hydrogens is 364 g/mol. The van der Waals surface area contributed by atoms with Crippen LogP contribution in [0.25, 0.3) is 0 Å². The zero-order valence-corrected chi connectivity index (χ0v) is 12.6. The first-order valence-corrected chi connectivity index (χ1v) is 7.22. The van der Waals surface area contributed by atoms with Crippen molar-refractivity contribution in [1.82, 2.24) is 5.32 Å². The number of benzene rings is 1. The number of rotatable bonds is 5. The molecule has 2 atom stereocenters. The molecule has 6 heteroatoms. The highest BCUT2D eigenvalue weighted by Crippen LogP contribution is 2.28. The molecule has 0 aromatic heterocycles. The molecule has 0 radical (unpaired) electrons. The van der Waals surface area contributed by atoms with Crippen LogP contribution in [-0.4, -0.2) is 36.2 Å². The van der Waals surface area contributed by atoms with E-state index in [1.165, 1.54) is 19.2 Å². The van der Waals surface area contributed by atoms with Crippen molar-refractivity contribution in [2.24, 2.45) is 0 Å². The number of halogens is 2. The largest absolute Gasteiger partial charge is 0.488 e. The Morgan fingerprint density at radius 1 is 1.68 bits per heavy atom. The molecule has 0 aliphatic carbocycles. The molecule has 0 spiro atoms. The van der Waals surface area contributed by atoms with Gasteiger partial charge in [0.15, 0.2) is 0 Å². The number of hydrogen-bond donors (Lipinski definition) is 1. The van der Waals surface area contributed by atoms with E-state index in [1.807, 2.05) is 22.6 Å². The van der Waals surface area contributed by atoms with Gasteiger partial charge in [0.1, 0.15) is 21.6 Å². The van der Waals surface area contributed by atoms with Gasteiger partial charge >= 0.3 is 5.97 Å². The van der Waals surface area contributed by atoms with E-state index in [0.717, 1.165) is 11.3 Å². The molecule has 2 rings (SSSR count). The maximum absolute atomic E-state index is 13.1.